The van der Waals surface area contributed by atoms with Crippen molar-refractivity contribution in [3.8, 4) is 0 Å². The Morgan fingerprint density at radius 3 is 2.83 bits per heavy atom. The Morgan fingerprint density at radius 1 is 1.54 bits per heavy atom. The Kier molecular flexibility index (Phi) is 5.31. The van der Waals surface area contributed by atoms with E-state index in [1.165, 1.54) is 18.7 Å². The lowest BCUT2D eigenvalue weighted by molar-refractivity contribution is -0.301. The molecule has 0 aliphatic carbocycles. The summed E-state index contributed by atoms with van der Waals surface area (Å²) in [6, 6.07) is -0.895. The number of amides is 2. The number of aliphatic carboxylic acids is 1. The zero-order chi connectivity index (χ0) is 17.9. The van der Waals surface area contributed by atoms with Gasteiger partial charge in [0.15, 0.2) is 0 Å². The lowest BCUT2D eigenvalue weighted by Crippen LogP contribution is -2.71. The summed E-state index contributed by atoms with van der Waals surface area (Å²) in [6.07, 6.45) is 0. The minimum Gasteiger partial charge on any atom is -0.543 e. The predicted molar refractivity (Wildman–Crippen MR) is 75.8 cm³/mol. The van der Waals surface area contributed by atoms with Gasteiger partial charge < -0.3 is 20.0 Å². The number of esters is 1. The maximum Gasteiger partial charge on any atom is 0.302 e. The van der Waals surface area contributed by atoms with Crippen LogP contribution < -0.4 is 15.3 Å². The molecule has 2 rings (SSSR count). The molecule has 0 saturated carbocycles. The second kappa shape index (κ2) is 7.23. The molecule has 1 fully saturated rings. The number of nitrogens with one attached hydrogen (secondary N) is 2. The van der Waals surface area contributed by atoms with Crippen LogP contribution in [0, 0.1) is 5.53 Å². The number of ether oxygens (including phenoxy) is 1. The number of nitrogens with zero attached hydrogens (tertiary/aromatic N) is 3. The number of thioether (sulfide) groups is 1. The molecule has 0 spiro atoms. The minimum absolute atomic E-state index is 0.212. The van der Waals surface area contributed by atoms with Crippen molar-refractivity contribution in [2.24, 2.45) is 5.11 Å². The molecule has 2 amide bonds. The Bertz CT molecular complexity index is 685. The molecule has 12 heteroatoms. The Balaban J connectivity index is 2.13. The van der Waals surface area contributed by atoms with Gasteiger partial charge in [-0.3, -0.25) is 19.3 Å². The number of carboxylic acids is 1. The highest BCUT2D eigenvalue weighted by molar-refractivity contribution is 8.00. The van der Waals surface area contributed by atoms with E-state index in [-0.39, 0.29) is 23.6 Å². The Morgan fingerprint density at radius 2 is 2.25 bits per heavy atom. The summed E-state index contributed by atoms with van der Waals surface area (Å²) in [7, 11) is 0. The number of carboxylic acid groups (broad SMARTS) is 1. The van der Waals surface area contributed by atoms with Crippen LogP contribution in [0.3, 0.4) is 0 Å². The van der Waals surface area contributed by atoms with Gasteiger partial charge in [0.2, 0.25) is 17.4 Å². The molecule has 1 saturated heterocycles. The molecule has 24 heavy (non-hydrogen) atoms. The number of fused-ring (bicyclic) bond motifs is 1. The Hall–Kier alpha value is -2.72. The van der Waals surface area contributed by atoms with Gasteiger partial charge in [0.1, 0.15) is 28.7 Å². The highest BCUT2D eigenvalue weighted by Gasteiger charge is 2.52. The average Bonchev–Trinajstić information content (AvgIpc) is 2.54. The number of hydrogen-bond acceptors (Lipinski definition) is 9. The van der Waals surface area contributed by atoms with Gasteiger partial charge in [0.25, 0.3) is 5.91 Å². The van der Waals surface area contributed by atoms with Crippen molar-refractivity contribution in [1.29, 1.82) is 5.53 Å². The topological polar surface area (TPSA) is 166 Å². The van der Waals surface area contributed by atoms with Crippen LogP contribution in [0.15, 0.2) is 16.4 Å². The molecular weight excluding hydrogens is 342 g/mol. The van der Waals surface area contributed by atoms with Crippen LogP contribution in [-0.2, 0) is 23.9 Å². The van der Waals surface area contributed by atoms with Crippen LogP contribution in [0.4, 0.5) is 0 Å². The van der Waals surface area contributed by atoms with Crippen molar-refractivity contribution < 1.29 is 29.0 Å². The fourth-order valence-electron chi connectivity index (χ4n) is 2.29. The van der Waals surface area contributed by atoms with Crippen molar-refractivity contribution in [2.45, 2.75) is 18.3 Å². The lowest BCUT2D eigenvalue weighted by Gasteiger charge is -2.50. The smallest absolute Gasteiger partial charge is 0.302 e. The van der Waals surface area contributed by atoms with E-state index in [2.05, 4.69) is 15.3 Å². The van der Waals surface area contributed by atoms with E-state index in [1.54, 1.807) is 0 Å². The molecule has 0 aromatic carbocycles. The number of carbonyl (C=O) groups is 4. The average molecular weight is 355 g/mol. The van der Waals surface area contributed by atoms with Crippen LogP contribution in [0.25, 0.3) is 0 Å². The fourth-order valence-corrected chi connectivity index (χ4v) is 3.62. The summed E-state index contributed by atoms with van der Waals surface area (Å²) in [5, 5.41) is 16.4. The van der Waals surface area contributed by atoms with Crippen LogP contribution in [0.5, 0.6) is 0 Å². The summed E-state index contributed by atoms with van der Waals surface area (Å²) in [5.74, 6) is -3.12. The summed E-state index contributed by atoms with van der Waals surface area (Å²) in [4.78, 5) is 49.7. The fraction of sp³-hybridized carbons (Fsp3) is 0.500. The molecule has 128 valence electrons. The van der Waals surface area contributed by atoms with E-state index >= 15 is 0 Å². The predicted octanol–water partition coefficient (Wildman–Crippen LogP) is -2.50. The second-order valence-corrected chi connectivity index (χ2v) is 5.98. The summed E-state index contributed by atoms with van der Waals surface area (Å²) >= 11 is 1.23. The number of hydrogen-bond donors (Lipinski definition) is 2. The molecule has 0 bridgehead atoms. The van der Waals surface area contributed by atoms with Gasteiger partial charge in [-0.05, 0) is 0 Å². The SMILES string of the molecule is CC(=O)OCC1=C(C(=O)[O-])N2C(=O)[C@@H](NC(=O)CN=[N+]=N)[C@@H]2SC1. The van der Waals surface area contributed by atoms with Gasteiger partial charge in [0, 0.05) is 18.2 Å². The van der Waals surface area contributed by atoms with Gasteiger partial charge in [-0.1, -0.05) is 0 Å². The summed E-state index contributed by atoms with van der Waals surface area (Å²) in [6.45, 7) is 0.543. The minimum atomic E-state index is -1.55. The third-order valence-corrected chi connectivity index (χ3v) is 4.63. The Labute approximate surface area is 139 Å². The number of β-lactam (4-membered cyclic amide) rings is 1. The highest BCUT2D eigenvalue weighted by Crippen LogP contribution is 2.40. The van der Waals surface area contributed by atoms with Gasteiger partial charge in [-0.15, -0.1) is 11.8 Å². The maximum atomic E-state index is 12.2. The van der Waals surface area contributed by atoms with Crippen LogP contribution in [0.2, 0.25) is 0 Å². The maximum absolute atomic E-state index is 12.2. The molecule has 0 aromatic rings. The first kappa shape index (κ1) is 17.6. The van der Waals surface area contributed by atoms with Crippen molar-refractivity contribution in [2.75, 3.05) is 18.9 Å². The molecule has 2 N–H and O–H groups in total. The molecule has 0 aromatic heterocycles. The molecule has 2 atom stereocenters. The van der Waals surface area contributed by atoms with Gasteiger partial charge in [-0.25, -0.2) is 0 Å². The third-order valence-electron chi connectivity index (χ3n) is 3.29. The van der Waals surface area contributed by atoms with Gasteiger partial charge >= 0.3 is 5.97 Å². The van der Waals surface area contributed by atoms with Crippen molar-refractivity contribution >= 4 is 35.5 Å². The zero-order valence-electron chi connectivity index (χ0n) is 12.5. The monoisotopic (exact) mass is 355 g/mol. The lowest BCUT2D eigenvalue weighted by atomic mass is 10.0. The number of carbonyl (C=O) groups excluding carboxylic acids is 4. The van der Waals surface area contributed by atoms with Crippen LogP contribution in [0.1, 0.15) is 6.92 Å². The van der Waals surface area contributed by atoms with Crippen LogP contribution in [-0.4, -0.2) is 59.0 Å². The quantitative estimate of drug-likeness (QED) is 0.230. The van der Waals surface area contributed by atoms with Gasteiger partial charge in [0.05, 0.1) is 11.7 Å². The molecule has 11 nitrogen and oxygen atoms in total. The van der Waals surface area contributed by atoms with Gasteiger partial charge in [-0.2, -0.15) is 0 Å². The highest BCUT2D eigenvalue weighted by atomic mass is 32.2. The first-order valence-electron chi connectivity index (χ1n) is 6.70. The van der Waals surface area contributed by atoms with E-state index in [1.807, 2.05) is 0 Å². The van der Waals surface area contributed by atoms with Crippen molar-refractivity contribution in [3.05, 3.63) is 11.3 Å². The normalized spacial score (nSPS) is 22.0. The molecule has 0 unspecified atom stereocenters. The zero-order valence-corrected chi connectivity index (χ0v) is 13.3. The van der Waals surface area contributed by atoms with E-state index in [4.69, 9.17) is 10.3 Å². The molecule has 0 radical (unpaired) electrons. The van der Waals surface area contributed by atoms with E-state index < -0.39 is 41.7 Å². The standard InChI is InChI=1S/C12H13N5O6S/c1-5(18)23-3-6-4-24-11-8(15-7(19)2-14-16-13)10(20)17(11)9(6)12(21)22/h8,11,13H,2-4H2,1H3,(H-,15,19,21,22)/t8-,11+/m1/s1. The van der Waals surface area contributed by atoms with E-state index in [0.29, 0.717) is 0 Å². The largest absolute Gasteiger partial charge is 0.543 e. The first-order chi connectivity index (χ1) is 11.4. The van der Waals surface area contributed by atoms with E-state index in [0.717, 1.165) is 4.90 Å². The molecular formula is C12H13N5O6S. The molecule has 2 aliphatic rings. The first-order valence-corrected chi connectivity index (χ1v) is 7.75. The third kappa shape index (κ3) is 3.44. The van der Waals surface area contributed by atoms with Crippen LogP contribution >= 0.6 is 11.8 Å². The van der Waals surface area contributed by atoms with Crippen molar-refractivity contribution in [3.63, 3.8) is 0 Å². The summed E-state index contributed by atoms with van der Waals surface area (Å²) in [5.41, 5.74) is 6.40. The second-order valence-electron chi connectivity index (χ2n) is 4.87. The summed E-state index contributed by atoms with van der Waals surface area (Å²) < 4.78 is 4.79. The van der Waals surface area contributed by atoms with Crippen molar-refractivity contribution in [1.82, 2.24) is 15.1 Å². The molecule has 2 heterocycles. The number of rotatable bonds is 6. The van der Waals surface area contributed by atoms with E-state index in [9.17, 15) is 24.3 Å². The molecule has 2 aliphatic heterocycles.